The standard InChI is InChI=1S/C19H22N2O2/c1-12-4-2-3-5-17(12)21-19(23)16-9-7-13-10-15(18(20)22)8-6-14(13)11-16/h6-12,17H,2-5H2,1H3,(H2,20,22)(H,21,23). The van der Waals surface area contributed by atoms with Crippen molar-refractivity contribution < 1.29 is 9.59 Å². The Morgan fingerprint density at radius 3 is 2.26 bits per heavy atom. The maximum Gasteiger partial charge on any atom is 0.251 e. The van der Waals surface area contributed by atoms with Gasteiger partial charge in [-0.2, -0.15) is 0 Å². The number of hydrogen-bond acceptors (Lipinski definition) is 2. The van der Waals surface area contributed by atoms with Crippen molar-refractivity contribution >= 4 is 22.6 Å². The summed E-state index contributed by atoms with van der Waals surface area (Å²) in [6, 6.07) is 11.1. The molecule has 1 aliphatic carbocycles. The first kappa shape index (κ1) is 15.5. The first-order valence-corrected chi connectivity index (χ1v) is 8.19. The molecular formula is C19H22N2O2. The third-order valence-corrected chi connectivity index (χ3v) is 4.81. The van der Waals surface area contributed by atoms with Crippen LogP contribution in [0.5, 0.6) is 0 Å². The molecule has 2 unspecified atom stereocenters. The number of rotatable bonds is 3. The molecule has 0 aromatic heterocycles. The molecule has 0 radical (unpaired) electrons. The van der Waals surface area contributed by atoms with Gasteiger partial charge in [-0.3, -0.25) is 9.59 Å². The molecule has 0 spiro atoms. The Morgan fingerprint density at radius 2 is 1.61 bits per heavy atom. The van der Waals surface area contributed by atoms with Crippen LogP contribution in [0.4, 0.5) is 0 Å². The summed E-state index contributed by atoms with van der Waals surface area (Å²) in [4.78, 5) is 23.7. The Hall–Kier alpha value is -2.36. The van der Waals surface area contributed by atoms with Crippen molar-refractivity contribution in [2.45, 2.75) is 38.6 Å². The van der Waals surface area contributed by atoms with Crippen LogP contribution in [0.1, 0.15) is 53.3 Å². The molecule has 1 saturated carbocycles. The fourth-order valence-electron chi connectivity index (χ4n) is 3.32. The molecule has 2 amide bonds. The van der Waals surface area contributed by atoms with E-state index >= 15 is 0 Å². The highest BCUT2D eigenvalue weighted by Gasteiger charge is 2.23. The van der Waals surface area contributed by atoms with Gasteiger partial charge in [-0.15, -0.1) is 0 Å². The van der Waals surface area contributed by atoms with E-state index in [1.165, 1.54) is 19.3 Å². The lowest BCUT2D eigenvalue weighted by molar-refractivity contribution is 0.0909. The van der Waals surface area contributed by atoms with Crippen molar-refractivity contribution in [1.29, 1.82) is 0 Å². The Morgan fingerprint density at radius 1 is 1.00 bits per heavy atom. The van der Waals surface area contributed by atoms with Gasteiger partial charge in [-0.05, 0) is 53.8 Å². The van der Waals surface area contributed by atoms with Crippen molar-refractivity contribution in [3.8, 4) is 0 Å². The van der Waals surface area contributed by atoms with Crippen molar-refractivity contribution in [2.75, 3.05) is 0 Å². The molecule has 0 bridgehead atoms. The minimum Gasteiger partial charge on any atom is -0.366 e. The number of nitrogens with one attached hydrogen (secondary N) is 1. The van der Waals surface area contributed by atoms with E-state index in [2.05, 4.69) is 12.2 Å². The molecule has 2 aromatic rings. The molecule has 1 fully saturated rings. The molecule has 4 heteroatoms. The largest absolute Gasteiger partial charge is 0.366 e. The van der Waals surface area contributed by atoms with Crippen LogP contribution in [-0.2, 0) is 0 Å². The van der Waals surface area contributed by atoms with E-state index in [0.717, 1.165) is 17.2 Å². The van der Waals surface area contributed by atoms with E-state index < -0.39 is 5.91 Å². The SMILES string of the molecule is CC1CCCCC1NC(=O)c1ccc2cc(C(N)=O)ccc2c1. The van der Waals surface area contributed by atoms with Crippen molar-refractivity contribution in [1.82, 2.24) is 5.32 Å². The second-order valence-electron chi connectivity index (χ2n) is 6.48. The van der Waals surface area contributed by atoms with Crippen LogP contribution in [0, 0.1) is 5.92 Å². The maximum atomic E-state index is 12.5. The lowest BCUT2D eigenvalue weighted by Gasteiger charge is -2.29. The second-order valence-corrected chi connectivity index (χ2v) is 6.48. The molecule has 23 heavy (non-hydrogen) atoms. The second kappa shape index (κ2) is 6.41. The predicted molar refractivity (Wildman–Crippen MR) is 91.4 cm³/mol. The smallest absolute Gasteiger partial charge is 0.251 e. The molecule has 1 aliphatic rings. The van der Waals surface area contributed by atoms with E-state index in [1.54, 1.807) is 18.2 Å². The Labute approximate surface area is 136 Å². The van der Waals surface area contributed by atoms with E-state index in [-0.39, 0.29) is 11.9 Å². The summed E-state index contributed by atoms with van der Waals surface area (Å²) in [5.74, 6) is 0.0657. The van der Waals surface area contributed by atoms with E-state index in [0.29, 0.717) is 17.0 Å². The highest BCUT2D eigenvalue weighted by atomic mass is 16.2. The van der Waals surface area contributed by atoms with E-state index in [1.807, 2.05) is 18.2 Å². The Bertz CT molecular complexity index is 754. The van der Waals surface area contributed by atoms with Crippen LogP contribution >= 0.6 is 0 Å². The predicted octanol–water partition coefficient (Wildman–Crippen LogP) is 3.25. The van der Waals surface area contributed by atoms with Crippen molar-refractivity contribution in [3.05, 3.63) is 47.5 Å². The third-order valence-electron chi connectivity index (χ3n) is 4.81. The number of amides is 2. The van der Waals surface area contributed by atoms with Crippen LogP contribution in [0.25, 0.3) is 10.8 Å². The van der Waals surface area contributed by atoms with Crippen molar-refractivity contribution in [2.24, 2.45) is 11.7 Å². The minimum absolute atomic E-state index is 0.0235. The molecule has 3 rings (SSSR count). The number of hydrogen-bond donors (Lipinski definition) is 2. The highest BCUT2D eigenvalue weighted by molar-refractivity contribution is 6.01. The third kappa shape index (κ3) is 3.36. The average molecular weight is 310 g/mol. The first-order chi connectivity index (χ1) is 11.0. The summed E-state index contributed by atoms with van der Waals surface area (Å²) >= 11 is 0. The average Bonchev–Trinajstić information content (AvgIpc) is 2.55. The van der Waals surface area contributed by atoms with Crippen LogP contribution in [-0.4, -0.2) is 17.9 Å². The van der Waals surface area contributed by atoms with Crippen LogP contribution in [0.15, 0.2) is 36.4 Å². The molecule has 2 atom stereocenters. The fourth-order valence-corrected chi connectivity index (χ4v) is 3.32. The van der Waals surface area contributed by atoms with Crippen LogP contribution in [0.3, 0.4) is 0 Å². The zero-order valence-corrected chi connectivity index (χ0v) is 13.3. The lowest BCUT2D eigenvalue weighted by atomic mass is 9.86. The number of primary amides is 1. The van der Waals surface area contributed by atoms with Gasteiger partial charge < -0.3 is 11.1 Å². The molecular weight excluding hydrogens is 288 g/mol. The summed E-state index contributed by atoms with van der Waals surface area (Å²) < 4.78 is 0. The summed E-state index contributed by atoms with van der Waals surface area (Å²) in [6.07, 6.45) is 4.68. The van der Waals surface area contributed by atoms with Crippen LogP contribution in [0.2, 0.25) is 0 Å². The number of carbonyl (C=O) groups is 2. The van der Waals surface area contributed by atoms with E-state index in [9.17, 15) is 9.59 Å². The quantitative estimate of drug-likeness (QED) is 0.913. The normalized spacial score (nSPS) is 21.1. The summed E-state index contributed by atoms with van der Waals surface area (Å²) in [5.41, 5.74) is 6.43. The summed E-state index contributed by atoms with van der Waals surface area (Å²) in [6.45, 7) is 2.20. The highest BCUT2D eigenvalue weighted by Crippen LogP contribution is 2.24. The zero-order valence-electron chi connectivity index (χ0n) is 13.3. The number of benzene rings is 2. The van der Waals surface area contributed by atoms with Gasteiger partial charge in [0.25, 0.3) is 5.91 Å². The van der Waals surface area contributed by atoms with Gasteiger partial charge in [-0.25, -0.2) is 0 Å². The van der Waals surface area contributed by atoms with Gasteiger partial charge in [0, 0.05) is 17.2 Å². The number of fused-ring (bicyclic) bond motifs is 1. The molecule has 0 heterocycles. The molecule has 2 aromatic carbocycles. The summed E-state index contributed by atoms with van der Waals surface area (Å²) in [5, 5.41) is 5.00. The van der Waals surface area contributed by atoms with Gasteiger partial charge in [-0.1, -0.05) is 31.9 Å². The molecule has 4 nitrogen and oxygen atoms in total. The topological polar surface area (TPSA) is 72.2 Å². The van der Waals surface area contributed by atoms with Gasteiger partial charge in [0.1, 0.15) is 0 Å². The molecule has 0 saturated heterocycles. The Kier molecular flexibility index (Phi) is 4.33. The zero-order chi connectivity index (χ0) is 16.4. The van der Waals surface area contributed by atoms with E-state index in [4.69, 9.17) is 5.73 Å². The van der Waals surface area contributed by atoms with Crippen molar-refractivity contribution in [3.63, 3.8) is 0 Å². The number of nitrogens with two attached hydrogens (primary N) is 1. The molecule has 120 valence electrons. The summed E-state index contributed by atoms with van der Waals surface area (Å²) in [7, 11) is 0. The minimum atomic E-state index is -0.444. The van der Waals surface area contributed by atoms with Crippen LogP contribution < -0.4 is 11.1 Å². The first-order valence-electron chi connectivity index (χ1n) is 8.19. The van der Waals surface area contributed by atoms with Gasteiger partial charge in [0.05, 0.1) is 0 Å². The van der Waals surface area contributed by atoms with Gasteiger partial charge >= 0.3 is 0 Å². The monoisotopic (exact) mass is 310 g/mol. The molecule has 3 N–H and O–H groups in total. The van der Waals surface area contributed by atoms with Gasteiger partial charge in [0.2, 0.25) is 5.91 Å². The number of carbonyl (C=O) groups excluding carboxylic acids is 2. The fraction of sp³-hybridized carbons (Fsp3) is 0.368. The van der Waals surface area contributed by atoms with Gasteiger partial charge in [0.15, 0.2) is 0 Å². The molecule has 0 aliphatic heterocycles. The maximum absolute atomic E-state index is 12.5. The lowest BCUT2D eigenvalue weighted by Crippen LogP contribution is -2.41. The Balaban J connectivity index is 1.80.